The molecule has 0 saturated heterocycles. The van der Waals surface area contributed by atoms with E-state index in [1.807, 2.05) is 0 Å². The van der Waals surface area contributed by atoms with Gasteiger partial charge in [0.15, 0.2) is 0 Å². The molecule has 0 bridgehead atoms. The molecule has 4 nitrogen and oxygen atoms in total. The third-order valence-electron chi connectivity index (χ3n) is 2.28. The molecule has 0 unspecified atom stereocenters. The summed E-state index contributed by atoms with van der Waals surface area (Å²) in [5, 5.41) is 8.60. The molecular formula is C14H11ClFNO3. The molecule has 104 valence electrons. The molecule has 0 spiro atoms. The quantitative estimate of drug-likeness (QED) is 0.668. The Morgan fingerprint density at radius 3 is 2.75 bits per heavy atom. The highest BCUT2D eigenvalue weighted by atomic mass is 35.5. The standard InChI is InChI=1S/C14H11ClFNO3/c1-2-7-17(9-14(19)20)13(18)6-4-10-3-5-12(16)11(15)8-10/h1,3-6,8H,7,9H2,(H,19,20). The second kappa shape index (κ2) is 7.31. The average molecular weight is 296 g/mol. The minimum Gasteiger partial charge on any atom is -0.480 e. The SMILES string of the molecule is C#CCN(CC(=O)O)C(=O)C=Cc1ccc(F)c(Cl)c1. The van der Waals surface area contributed by atoms with E-state index in [0.717, 1.165) is 11.0 Å². The van der Waals surface area contributed by atoms with Crippen LogP contribution in [-0.2, 0) is 9.59 Å². The van der Waals surface area contributed by atoms with E-state index in [-0.39, 0.29) is 11.6 Å². The zero-order valence-electron chi connectivity index (χ0n) is 10.3. The molecule has 0 saturated carbocycles. The van der Waals surface area contributed by atoms with E-state index in [0.29, 0.717) is 5.56 Å². The number of hydrogen-bond donors (Lipinski definition) is 1. The number of carbonyl (C=O) groups is 2. The topological polar surface area (TPSA) is 57.6 Å². The fourth-order valence-electron chi connectivity index (χ4n) is 1.37. The number of nitrogens with zero attached hydrogens (tertiary/aromatic N) is 1. The highest BCUT2D eigenvalue weighted by Gasteiger charge is 2.12. The van der Waals surface area contributed by atoms with Crippen LogP contribution in [0.3, 0.4) is 0 Å². The number of rotatable bonds is 5. The fourth-order valence-corrected chi connectivity index (χ4v) is 1.56. The van der Waals surface area contributed by atoms with Gasteiger partial charge in [-0.15, -0.1) is 6.42 Å². The van der Waals surface area contributed by atoms with E-state index in [1.54, 1.807) is 0 Å². The normalized spacial score (nSPS) is 10.2. The molecule has 0 aliphatic heterocycles. The molecule has 1 aromatic carbocycles. The Labute approximate surface area is 120 Å². The summed E-state index contributed by atoms with van der Waals surface area (Å²) in [5.74, 6) is -0.0647. The van der Waals surface area contributed by atoms with Gasteiger partial charge in [-0.3, -0.25) is 9.59 Å². The molecular weight excluding hydrogens is 285 g/mol. The molecule has 20 heavy (non-hydrogen) atoms. The number of halogens is 2. The van der Waals surface area contributed by atoms with Crippen molar-refractivity contribution in [2.45, 2.75) is 0 Å². The van der Waals surface area contributed by atoms with Crippen LogP contribution in [0.1, 0.15) is 5.56 Å². The molecule has 1 N–H and O–H groups in total. The van der Waals surface area contributed by atoms with E-state index >= 15 is 0 Å². The molecule has 0 fully saturated rings. The summed E-state index contributed by atoms with van der Waals surface area (Å²) >= 11 is 5.60. The Kier molecular flexibility index (Phi) is 5.75. The minimum absolute atomic E-state index is 0.0642. The molecule has 0 aromatic heterocycles. The van der Waals surface area contributed by atoms with Gasteiger partial charge in [0.2, 0.25) is 5.91 Å². The van der Waals surface area contributed by atoms with Crippen molar-refractivity contribution < 1.29 is 19.1 Å². The molecule has 0 heterocycles. The average Bonchev–Trinajstić information content (AvgIpc) is 2.39. The predicted octanol–water partition coefficient (Wildman–Crippen LogP) is 2.04. The third-order valence-corrected chi connectivity index (χ3v) is 2.57. The van der Waals surface area contributed by atoms with Crippen molar-refractivity contribution in [2.75, 3.05) is 13.1 Å². The van der Waals surface area contributed by atoms with Crippen molar-refractivity contribution in [1.29, 1.82) is 0 Å². The van der Waals surface area contributed by atoms with Crippen LogP contribution in [0, 0.1) is 18.2 Å². The van der Waals surface area contributed by atoms with Crippen molar-refractivity contribution in [1.82, 2.24) is 4.90 Å². The first kappa shape index (κ1) is 15.7. The number of terminal acetylenes is 1. The van der Waals surface area contributed by atoms with Gasteiger partial charge >= 0.3 is 5.97 Å². The lowest BCUT2D eigenvalue weighted by Crippen LogP contribution is -2.34. The molecule has 0 radical (unpaired) electrons. The maximum atomic E-state index is 13.0. The van der Waals surface area contributed by atoms with Gasteiger partial charge in [-0.25, -0.2) is 4.39 Å². The van der Waals surface area contributed by atoms with Gasteiger partial charge < -0.3 is 10.0 Å². The number of carboxylic acid groups (broad SMARTS) is 1. The van der Waals surface area contributed by atoms with Crippen molar-refractivity contribution in [3.8, 4) is 12.3 Å². The Hall–Kier alpha value is -2.32. The number of carboxylic acids is 1. The summed E-state index contributed by atoms with van der Waals surface area (Å²) in [4.78, 5) is 23.4. The van der Waals surface area contributed by atoms with Gasteiger partial charge in [-0.1, -0.05) is 23.6 Å². The summed E-state index contributed by atoms with van der Waals surface area (Å²) in [6.45, 7) is -0.600. The van der Waals surface area contributed by atoms with Gasteiger partial charge in [-0.05, 0) is 23.8 Å². The van der Waals surface area contributed by atoms with E-state index in [2.05, 4.69) is 5.92 Å². The maximum Gasteiger partial charge on any atom is 0.323 e. The second-order valence-electron chi connectivity index (χ2n) is 3.80. The van der Waals surface area contributed by atoms with E-state index in [9.17, 15) is 14.0 Å². The Balaban J connectivity index is 2.81. The number of amides is 1. The van der Waals surface area contributed by atoms with Gasteiger partial charge in [0, 0.05) is 6.08 Å². The lowest BCUT2D eigenvalue weighted by molar-refractivity contribution is -0.142. The molecule has 1 rings (SSSR count). The molecule has 0 aliphatic carbocycles. The summed E-state index contributed by atoms with van der Waals surface area (Å²) < 4.78 is 13.0. The highest BCUT2D eigenvalue weighted by Crippen LogP contribution is 2.16. The van der Waals surface area contributed by atoms with Gasteiger partial charge in [0.25, 0.3) is 0 Å². The smallest absolute Gasteiger partial charge is 0.323 e. The van der Waals surface area contributed by atoms with E-state index in [1.165, 1.54) is 24.3 Å². The molecule has 6 heteroatoms. The van der Waals surface area contributed by atoms with Crippen molar-refractivity contribution in [3.63, 3.8) is 0 Å². The van der Waals surface area contributed by atoms with Crippen LogP contribution >= 0.6 is 11.6 Å². The first-order valence-corrected chi connectivity index (χ1v) is 5.89. The summed E-state index contributed by atoms with van der Waals surface area (Å²) in [7, 11) is 0. The predicted molar refractivity (Wildman–Crippen MR) is 73.5 cm³/mol. The molecule has 1 amide bonds. The van der Waals surface area contributed by atoms with Crippen LogP contribution in [-0.4, -0.2) is 35.0 Å². The Morgan fingerprint density at radius 1 is 1.50 bits per heavy atom. The zero-order chi connectivity index (χ0) is 15.1. The summed E-state index contributed by atoms with van der Waals surface area (Å²) in [6.07, 6.45) is 7.63. The van der Waals surface area contributed by atoms with Gasteiger partial charge in [-0.2, -0.15) is 0 Å². The van der Waals surface area contributed by atoms with E-state index in [4.69, 9.17) is 23.1 Å². The number of benzene rings is 1. The second-order valence-corrected chi connectivity index (χ2v) is 4.21. The van der Waals surface area contributed by atoms with Crippen LogP contribution in [0.5, 0.6) is 0 Å². The van der Waals surface area contributed by atoms with Crippen LogP contribution in [0.4, 0.5) is 4.39 Å². The fraction of sp³-hybridized carbons (Fsp3) is 0.143. The van der Waals surface area contributed by atoms with Crippen molar-refractivity contribution >= 4 is 29.6 Å². The van der Waals surface area contributed by atoms with Crippen LogP contribution < -0.4 is 0 Å². The summed E-state index contributed by atoms with van der Waals surface area (Å²) in [6, 6.07) is 3.96. The van der Waals surface area contributed by atoms with Crippen LogP contribution in [0.2, 0.25) is 5.02 Å². The summed E-state index contributed by atoms with van der Waals surface area (Å²) in [5.41, 5.74) is 0.515. The van der Waals surface area contributed by atoms with Gasteiger partial charge in [0.1, 0.15) is 12.4 Å². The lowest BCUT2D eigenvalue weighted by atomic mass is 10.2. The zero-order valence-corrected chi connectivity index (χ0v) is 11.1. The van der Waals surface area contributed by atoms with Gasteiger partial charge in [0.05, 0.1) is 11.6 Å². The van der Waals surface area contributed by atoms with Crippen LogP contribution in [0.25, 0.3) is 6.08 Å². The minimum atomic E-state index is -1.16. The Morgan fingerprint density at radius 2 is 2.20 bits per heavy atom. The third kappa shape index (κ3) is 4.75. The highest BCUT2D eigenvalue weighted by molar-refractivity contribution is 6.30. The Bertz CT molecular complexity index is 593. The first-order chi connectivity index (χ1) is 9.43. The van der Waals surface area contributed by atoms with Crippen molar-refractivity contribution in [2.24, 2.45) is 0 Å². The first-order valence-electron chi connectivity index (χ1n) is 5.51. The molecule has 0 atom stereocenters. The number of carbonyl (C=O) groups excluding carboxylic acids is 1. The molecule has 0 aliphatic rings. The maximum absolute atomic E-state index is 13.0. The van der Waals surface area contributed by atoms with E-state index < -0.39 is 24.2 Å². The van der Waals surface area contributed by atoms with Crippen molar-refractivity contribution in [3.05, 3.63) is 40.7 Å². The monoisotopic (exact) mass is 295 g/mol. The largest absolute Gasteiger partial charge is 0.480 e. The number of hydrogen-bond acceptors (Lipinski definition) is 2. The number of aliphatic carboxylic acids is 1. The molecule has 1 aromatic rings. The van der Waals surface area contributed by atoms with Crippen LogP contribution in [0.15, 0.2) is 24.3 Å². The lowest BCUT2D eigenvalue weighted by Gasteiger charge is -2.15.